The Hall–Kier alpha value is -1.06. The fraction of sp³-hybridized carbons (Fsp3) is 0.111. The topological polar surface area (TPSA) is 45.8 Å². The molecule has 2 aromatic rings. The molecule has 0 radical (unpaired) electrons. The van der Waals surface area contributed by atoms with Gasteiger partial charge in [-0.05, 0) is 30.2 Å². The number of fused-ring (bicyclic) bond motifs is 1. The van der Waals surface area contributed by atoms with E-state index in [1.54, 1.807) is 12.1 Å². The van der Waals surface area contributed by atoms with Gasteiger partial charge >= 0.3 is 0 Å². The Bertz CT molecular complexity index is 562. The fourth-order valence-electron chi connectivity index (χ4n) is 1.31. The van der Waals surface area contributed by atoms with Crippen molar-refractivity contribution < 1.29 is 0 Å². The highest BCUT2D eigenvalue weighted by Crippen LogP contribution is 2.21. The van der Waals surface area contributed by atoms with Gasteiger partial charge in [0, 0.05) is 0 Å². The highest BCUT2D eigenvalue weighted by molar-refractivity contribution is 6.35. The molecule has 3 nitrogen and oxygen atoms in total. The van der Waals surface area contributed by atoms with Crippen LogP contribution in [0, 0.1) is 6.92 Å². The number of hydrogen-bond acceptors (Lipinski definition) is 2. The summed E-state index contributed by atoms with van der Waals surface area (Å²) in [6, 6.07) is 3.47. The van der Waals surface area contributed by atoms with E-state index in [1.807, 2.05) is 6.92 Å². The molecule has 72 valence electrons. The predicted molar refractivity (Wildman–Crippen MR) is 57.1 cm³/mol. The number of hydrogen-bond donors (Lipinski definition) is 1. The summed E-state index contributed by atoms with van der Waals surface area (Å²) in [7, 11) is 0. The molecule has 14 heavy (non-hydrogen) atoms. The molecule has 0 aliphatic heterocycles. The summed E-state index contributed by atoms with van der Waals surface area (Å²) < 4.78 is 0. The second kappa shape index (κ2) is 3.26. The lowest BCUT2D eigenvalue weighted by molar-refractivity contribution is 1.16. The number of nitrogens with zero attached hydrogens (tertiary/aromatic N) is 1. The normalized spacial score (nSPS) is 10.8. The van der Waals surface area contributed by atoms with Crippen molar-refractivity contribution in [2.75, 3.05) is 0 Å². The van der Waals surface area contributed by atoms with Crippen molar-refractivity contribution >= 4 is 34.1 Å². The van der Waals surface area contributed by atoms with E-state index in [9.17, 15) is 4.79 Å². The van der Waals surface area contributed by atoms with Crippen molar-refractivity contribution in [2.24, 2.45) is 0 Å². The first-order valence-electron chi connectivity index (χ1n) is 3.94. The van der Waals surface area contributed by atoms with Crippen LogP contribution in [0.4, 0.5) is 0 Å². The minimum absolute atomic E-state index is 0.0767. The average molecular weight is 229 g/mol. The van der Waals surface area contributed by atoms with Crippen LogP contribution in [0.1, 0.15) is 5.56 Å². The molecule has 5 heteroatoms. The third kappa shape index (κ3) is 1.38. The number of benzene rings is 1. The molecule has 2 rings (SSSR count). The van der Waals surface area contributed by atoms with E-state index >= 15 is 0 Å². The summed E-state index contributed by atoms with van der Waals surface area (Å²) in [5.41, 5.74) is 1.11. The average Bonchev–Trinajstić information content (AvgIpc) is 2.10. The zero-order valence-electron chi connectivity index (χ0n) is 7.27. The third-order valence-electron chi connectivity index (χ3n) is 1.98. The summed E-state index contributed by atoms with van der Waals surface area (Å²) in [6.45, 7) is 1.85. The molecule has 1 N–H and O–H groups in total. The molecule has 0 saturated heterocycles. The minimum Gasteiger partial charge on any atom is -0.297 e. The second-order valence-electron chi connectivity index (χ2n) is 2.94. The van der Waals surface area contributed by atoms with Gasteiger partial charge < -0.3 is 0 Å². The lowest BCUT2D eigenvalue weighted by Crippen LogP contribution is -2.09. The second-order valence-corrected chi connectivity index (χ2v) is 3.71. The number of aromatic amines is 1. The van der Waals surface area contributed by atoms with Crippen LogP contribution in [0.3, 0.4) is 0 Å². The van der Waals surface area contributed by atoms with Gasteiger partial charge in [0.15, 0.2) is 0 Å². The molecule has 1 aromatic carbocycles. The van der Waals surface area contributed by atoms with Crippen molar-refractivity contribution in [3.8, 4) is 0 Å². The highest BCUT2D eigenvalue weighted by Gasteiger charge is 2.08. The summed E-state index contributed by atoms with van der Waals surface area (Å²) >= 11 is 11.5. The molecule has 0 spiro atoms. The van der Waals surface area contributed by atoms with Crippen molar-refractivity contribution in [3.63, 3.8) is 0 Å². The lowest BCUT2D eigenvalue weighted by Gasteiger charge is -2.02. The zero-order valence-corrected chi connectivity index (χ0v) is 8.78. The standard InChI is InChI=1S/C9H6Cl2N2O/c1-4-2-3-5(10)6-7(4)12-9(11)13-8(6)14/h2-3H,1H3,(H,12,13,14). The maximum Gasteiger partial charge on any atom is 0.261 e. The number of halogens is 2. The fourth-order valence-corrected chi connectivity index (χ4v) is 1.72. The molecule has 0 fully saturated rings. The number of aromatic nitrogens is 2. The number of rotatable bonds is 0. The predicted octanol–water partition coefficient (Wildman–Crippen LogP) is 2.54. The van der Waals surface area contributed by atoms with E-state index in [0.29, 0.717) is 15.9 Å². The third-order valence-corrected chi connectivity index (χ3v) is 2.48. The van der Waals surface area contributed by atoms with Gasteiger partial charge in [0.25, 0.3) is 5.56 Å². The Morgan fingerprint density at radius 1 is 1.36 bits per heavy atom. The van der Waals surface area contributed by atoms with Crippen molar-refractivity contribution in [3.05, 3.63) is 38.4 Å². The molecular formula is C9H6Cl2N2O. The van der Waals surface area contributed by atoms with Crippen LogP contribution in [-0.2, 0) is 0 Å². The number of nitrogens with one attached hydrogen (secondary N) is 1. The van der Waals surface area contributed by atoms with Crippen molar-refractivity contribution in [2.45, 2.75) is 6.92 Å². The summed E-state index contributed by atoms with van der Waals surface area (Å²) in [5.74, 6) is 0. The lowest BCUT2D eigenvalue weighted by atomic mass is 10.1. The van der Waals surface area contributed by atoms with Crippen molar-refractivity contribution in [1.29, 1.82) is 0 Å². The van der Waals surface area contributed by atoms with Crippen LogP contribution in [0.5, 0.6) is 0 Å². The molecule has 0 saturated carbocycles. The van der Waals surface area contributed by atoms with Crippen LogP contribution in [0.25, 0.3) is 10.9 Å². The Morgan fingerprint density at radius 3 is 2.79 bits per heavy atom. The Balaban J connectivity index is 3.08. The Labute approximate surface area is 89.7 Å². The molecule has 1 heterocycles. The van der Waals surface area contributed by atoms with E-state index in [-0.39, 0.29) is 10.8 Å². The van der Waals surface area contributed by atoms with Crippen LogP contribution < -0.4 is 5.56 Å². The molecule has 0 atom stereocenters. The highest BCUT2D eigenvalue weighted by atomic mass is 35.5. The first-order valence-corrected chi connectivity index (χ1v) is 4.70. The molecular weight excluding hydrogens is 223 g/mol. The maximum atomic E-state index is 11.5. The van der Waals surface area contributed by atoms with Crippen molar-refractivity contribution in [1.82, 2.24) is 9.97 Å². The van der Waals surface area contributed by atoms with E-state index in [0.717, 1.165) is 5.56 Å². The number of aryl methyl sites for hydroxylation is 1. The molecule has 1 aromatic heterocycles. The zero-order chi connectivity index (χ0) is 10.3. The Kier molecular flexibility index (Phi) is 2.21. The van der Waals surface area contributed by atoms with Gasteiger partial charge in [-0.3, -0.25) is 9.78 Å². The van der Waals surface area contributed by atoms with E-state index < -0.39 is 0 Å². The van der Waals surface area contributed by atoms with Gasteiger partial charge in [0.1, 0.15) is 0 Å². The number of H-pyrrole nitrogens is 1. The Morgan fingerprint density at radius 2 is 2.07 bits per heavy atom. The molecule has 0 aliphatic rings. The van der Waals surface area contributed by atoms with Gasteiger partial charge in [-0.15, -0.1) is 0 Å². The first kappa shape index (κ1) is 9.49. The summed E-state index contributed by atoms with van der Waals surface area (Å²) in [5, 5.41) is 0.847. The van der Waals surface area contributed by atoms with Crippen LogP contribution in [0.15, 0.2) is 16.9 Å². The monoisotopic (exact) mass is 228 g/mol. The van der Waals surface area contributed by atoms with Gasteiger partial charge in [-0.2, -0.15) is 0 Å². The SMILES string of the molecule is Cc1ccc(Cl)c2c(=O)[nH]c(Cl)nc12. The summed E-state index contributed by atoms with van der Waals surface area (Å²) in [4.78, 5) is 17.9. The minimum atomic E-state index is -0.311. The molecule has 0 bridgehead atoms. The molecule has 0 aliphatic carbocycles. The smallest absolute Gasteiger partial charge is 0.261 e. The molecule has 0 unspecified atom stereocenters. The molecule has 0 amide bonds. The van der Waals surface area contributed by atoms with Gasteiger partial charge in [-0.1, -0.05) is 17.7 Å². The van der Waals surface area contributed by atoms with Gasteiger partial charge in [0.05, 0.1) is 15.9 Å². The maximum absolute atomic E-state index is 11.5. The van der Waals surface area contributed by atoms with E-state index in [1.165, 1.54) is 0 Å². The van der Waals surface area contributed by atoms with E-state index in [2.05, 4.69) is 9.97 Å². The van der Waals surface area contributed by atoms with Gasteiger partial charge in [-0.25, -0.2) is 4.98 Å². The van der Waals surface area contributed by atoms with Gasteiger partial charge in [0.2, 0.25) is 5.28 Å². The quantitative estimate of drug-likeness (QED) is 0.705. The van der Waals surface area contributed by atoms with Crippen LogP contribution in [0.2, 0.25) is 10.3 Å². The van der Waals surface area contributed by atoms with Crippen LogP contribution in [-0.4, -0.2) is 9.97 Å². The first-order chi connectivity index (χ1) is 6.59. The van der Waals surface area contributed by atoms with Crippen LogP contribution >= 0.6 is 23.2 Å². The summed E-state index contributed by atoms with van der Waals surface area (Å²) in [6.07, 6.45) is 0. The van der Waals surface area contributed by atoms with E-state index in [4.69, 9.17) is 23.2 Å². The largest absolute Gasteiger partial charge is 0.297 e.